The third-order valence-electron chi connectivity index (χ3n) is 11.0. The summed E-state index contributed by atoms with van der Waals surface area (Å²) >= 11 is 0. The minimum Gasteiger partial charge on any atom is -0.455 e. The summed E-state index contributed by atoms with van der Waals surface area (Å²) in [6, 6.07) is 62.9. The highest BCUT2D eigenvalue weighted by molar-refractivity contribution is 6.24. The van der Waals surface area contributed by atoms with Crippen LogP contribution in [0, 0.1) is 22.7 Å². The fraction of sp³-hybridized carbons (Fsp3) is 0. The van der Waals surface area contributed by atoms with E-state index in [4.69, 9.17) is 4.42 Å². The summed E-state index contributed by atoms with van der Waals surface area (Å²) in [5.74, 6) is 0. The zero-order valence-electron chi connectivity index (χ0n) is 29.4. The first-order valence-corrected chi connectivity index (χ1v) is 18.2. The zero-order valence-corrected chi connectivity index (χ0v) is 29.4. The van der Waals surface area contributed by atoms with E-state index in [1.54, 1.807) is 0 Å². The Hall–Kier alpha value is -7.86. The molecule has 8 aromatic carbocycles. The lowest BCUT2D eigenvalue weighted by molar-refractivity contribution is 0.673. The van der Waals surface area contributed by atoms with Crippen LogP contribution in [0.3, 0.4) is 0 Å². The molecule has 254 valence electrons. The number of hydrogen-bond donors (Lipinski definition) is 0. The standard InChI is InChI=1S/C50H28N4O/c51-29-33-26-32(27-34(30-52)48(33)31-12-2-1-3-13-31)36-23-22-35(53-42-18-8-4-14-37(42)38-15-5-9-19-43(38)53)28-46(36)54-44-20-10-6-17-41(44)49-45(54)25-24-40-39-16-7-11-21-47(39)55-50(40)49/h1-28H. The number of nitriles is 2. The minimum atomic E-state index is 0.448. The van der Waals surface area contributed by atoms with Crippen molar-refractivity contribution in [3.05, 3.63) is 181 Å². The average molecular weight is 701 g/mol. The lowest BCUT2D eigenvalue weighted by atomic mass is 9.90. The van der Waals surface area contributed by atoms with Gasteiger partial charge in [0, 0.05) is 43.7 Å². The lowest BCUT2D eigenvalue weighted by Crippen LogP contribution is -2.02. The number of para-hydroxylation sites is 4. The van der Waals surface area contributed by atoms with E-state index in [9.17, 15) is 10.5 Å². The molecule has 11 aromatic rings. The fourth-order valence-electron chi connectivity index (χ4n) is 8.67. The Kier molecular flexibility index (Phi) is 6.61. The topological polar surface area (TPSA) is 70.6 Å². The number of nitrogens with zero attached hydrogens (tertiary/aromatic N) is 4. The number of hydrogen-bond acceptors (Lipinski definition) is 3. The summed E-state index contributed by atoms with van der Waals surface area (Å²) in [5, 5.41) is 27.7. The highest BCUT2D eigenvalue weighted by Crippen LogP contribution is 2.44. The largest absolute Gasteiger partial charge is 0.455 e. The molecule has 0 aliphatic heterocycles. The molecule has 0 saturated heterocycles. The van der Waals surface area contributed by atoms with Crippen LogP contribution in [0.2, 0.25) is 0 Å². The van der Waals surface area contributed by atoms with Crippen LogP contribution < -0.4 is 0 Å². The van der Waals surface area contributed by atoms with Crippen LogP contribution in [0.1, 0.15) is 11.1 Å². The minimum absolute atomic E-state index is 0.448. The van der Waals surface area contributed by atoms with E-state index in [-0.39, 0.29) is 0 Å². The van der Waals surface area contributed by atoms with Crippen molar-refractivity contribution in [2.24, 2.45) is 0 Å². The van der Waals surface area contributed by atoms with Gasteiger partial charge in [-0.3, -0.25) is 0 Å². The van der Waals surface area contributed by atoms with Gasteiger partial charge in [0.2, 0.25) is 0 Å². The number of furan rings is 1. The Bertz CT molecular complexity index is 3370. The molecule has 0 atom stereocenters. The summed E-state index contributed by atoms with van der Waals surface area (Å²) in [5.41, 5.74) is 11.9. The van der Waals surface area contributed by atoms with Gasteiger partial charge in [-0.15, -0.1) is 0 Å². The van der Waals surface area contributed by atoms with Crippen molar-refractivity contribution in [2.75, 3.05) is 0 Å². The fourth-order valence-corrected chi connectivity index (χ4v) is 8.67. The van der Waals surface area contributed by atoms with Crippen LogP contribution in [-0.4, -0.2) is 9.13 Å². The first-order valence-electron chi connectivity index (χ1n) is 18.2. The van der Waals surface area contributed by atoms with Gasteiger partial charge in [-0.2, -0.15) is 10.5 Å². The molecule has 0 aliphatic carbocycles. The molecule has 0 amide bonds. The summed E-state index contributed by atoms with van der Waals surface area (Å²) in [6.07, 6.45) is 0. The predicted molar refractivity (Wildman–Crippen MR) is 223 cm³/mol. The average Bonchev–Trinajstić information content (AvgIpc) is 3.91. The van der Waals surface area contributed by atoms with E-state index in [0.717, 1.165) is 82.8 Å². The van der Waals surface area contributed by atoms with Crippen molar-refractivity contribution in [2.45, 2.75) is 0 Å². The van der Waals surface area contributed by atoms with E-state index in [1.165, 1.54) is 10.8 Å². The van der Waals surface area contributed by atoms with Crippen molar-refractivity contribution >= 4 is 65.6 Å². The Morgan fingerprint density at radius 1 is 0.436 bits per heavy atom. The molecule has 55 heavy (non-hydrogen) atoms. The maximum Gasteiger partial charge on any atom is 0.145 e. The molecule has 3 aromatic heterocycles. The van der Waals surface area contributed by atoms with E-state index in [0.29, 0.717) is 16.7 Å². The Morgan fingerprint density at radius 3 is 1.69 bits per heavy atom. The second kappa shape index (κ2) is 11.8. The molecule has 0 spiro atoms. The van der Waals surface area contributed by atoms with Gasteiger partial charge in [-0.05, 0) is 71.8 Å². The molecule has 0 N–H and O–H groups in total. The van der Waals surface area contributed by atoms with E-state index in [2.05, 4.69) is 130 Å². The van der Waals surface area contributed by atoms with Crippen LogP contribution in [0.15, 0.2) is 174 Å². The third-order valence-corrected chi connectivity index (χ3v) is 11.0. The van der Waals surface area contributed by atoms with Gasteiger partial charge in [0.05, 0.1) is 56.4 Å². The molecule has 0 aliphatic rings. The van der Waals surface area contributed by atoms with E-state index >= 15 is 0 Å². The lowest BCUT2D eigenvalue weighted by Gasteiger charge is -2.18. The Labute approximate surface area is 315 Å². The molecule has 0 unspecified atom stereocenters. The van der Waals surface area contributed by atoms with Gasteiger partial charge >= 0.3 is 0 Å². The number of benzene rings is 8. The van der Waals surface area contributed by atoms with E-state index in [1.807, 2.05) is 60.7 Å². The highest BCUT2D eigenvalue weighted by Gasteiger charge is 2.23. The SMILES string of the molecule is N#Cc1cc(-c2ccc(-n3c4ccccc4c4ccccc43)cc2-n2c3ccccc3c3c4oc5ccccc5c4ccc32)cc(C#N)c1-c1ccccc1. The molecular weight excluding hydrogens is 673 g/mol. The number of rotatable bonds is 4. The van der Waals surface area contributed by atoms with Crippen LogP contribution in [0.5, 0.6) is 0 Å². The van der Waals surface area contributed by atoms with Gasteiger partial charge in [-0.25, -0.2) is 0 Å². The van der Waals surface area contributed by atoms with Crippen LogP contribution in [0.4, 0.5) is 0 Å². The Balaban J connectivity index is 1.27. The molecule has 0 saturated carbocycles. The van der Waals surface area contributed by atoms with Crippen molar-refractivity contribution in [3.63, 3.8) is 0 Å². The summed E-state index contributed by atoms with van der Waals surface area (Å²) in [4.78, 5) is 0. The monoisotopic (exact) mass is 700 g/mol. The molecule has 11 rings (SSSR count). The van der Waals surface area contributed by atoms with Crippen molar-refractivity contribution in [1.29, 1.82) is 10.5 Å². The van der Waals surface area contributed by atoms with Crippen LogP contribution in [0.25, 0.3) is 99.2 Å². The summed E-state index contributed by atoms with van der Waals surface area (Å²) in [7, 11) is 0. The van der Waals surface area contributed by atoms with Crippen molar-refractivity contribution in [1.82, 2.24) is 9.13 Å². The van der Waals surface area contributed by atoms with Gasteiger partial charge in [0.25, 0.3) is 0 Å². The van der Waals surface area contributed by atoms with E-state index < -0.39 is 0 Å². The second-order valence-corrected chi connectivity index (χ2v) is 13.9. The second-order valence-electron chi connectivity index (χ2n) is 13.9. The van der Waals surface area contributed by atoms with Gasteiger partial charge in [0.15, 0.2) is 0 Å². The van der Waals surface area contributed by atoms with Crippen LogP contribution in [-0.2, 0) is 0 Å². The van der Waals surface area contributed by atoms with Crippen molar-refractivity contribution < 1.29 is 4.42 Å². The van der Waals surface area contributed by atoms with Gasteiger partial charge in [0.1, 0.15) is 11.2 Å². The summed E-state index contributed by atoms with van der Waals surface area (Å²) < 4.78 is 11.3. The summed E-state index contributed by atoms with van der Waals surface area (Å²) in [6.45, 7) is 0. The molecule has 3 heterocycles. The van der Waals surface area contributed by atoms with Crippen LogP contribution >= 0.6 is 0 Å². The maximum atomic E-state index is 10.6. The first kappa shape index (κ1) is 30.7. The predicted octanol–water partition coefficient (Wildman–Crippen LogP) is 12.9. The molecule has 5 heteroatoms. The quantitative estimate of drug-likeness (QED) is 0.183. The molecular formula is C50H28N4O. The van der Waals surface area contributed by atoms with Gasteiger partial charge in [-0.1, -0.05) is 109 Å². The molecule has 0 bridgehead atoms. The molecule has 5 nitrogen and oxygen atoms in total. The number of aromatic nitrogens is 2. The zero-order chi connectivity index (χ0) is 36.6. The maximum absolute atomic E-state index is 10.6. The highest BCUT2D eigenvalue weighted by atomic mass is 16.3. The van der Waals surface area contributed by atoms with Gasteiger partial charge < -0.3 is 13.6 Å². The Morgan fingerprint density at radius 2 is 1.02 bits per heavy atom. The van der Waals surface area contributed by atoms with Crippen molar-refractivity contribution in [3.8, 4) is 45.8 Å². The third kappa shape index (κ3) is 4.45. The first-order chi connectivity index (χ1) is 27.2. The smallest absolute Gasteiger partial charge is 0.145 e. The normalized spacial score (nSPS) is 11.6. The number of fused-ring (bicyclic) bond motifs is 10. The molecule has 0 fully saturated rings. The molecule has 0 radical (unpaired) electrons.